The van der Waals surface area contributed by atoms with Gasteiger partial charge in [0.05, 0.1) is 19.9 Å². The van der Waals surface area contributed by atoms with Crippen molar-refractivity contribution in [3.63, 3.8) is 0 Å². The van der Waals surface area contributed by atoms with E-state index in [0.29, 0.717) is 24.3 Å². The van der Waals surface area contributed by atoms with Crippen molar-refractivity contribution in [2.75, 3.05) is 27.7 Å². The molecular formula is C11H19N3O3. The first kappa shape index (κ1) is 13.7. The normalized spacial score (nSPS) is 14.7. The second kappa shape index (κ2) is 5.29. The van der Waals surface area contributed by atoms with Gasteiger partial charge in [-0.15, -0.1) is 0 Å². The van der Waals surface area contributed by atoms with Crippen molar-refractivity contribution in [3.05, 3.63) is 11.9 Å². The van der Waals surface area contributed by atoms with E-state index in [9.17, 15) is 9.90 Å². The van der Waals surface area contributed by atoms with Gasteiger partial charge in [-0.2, -0.15) is 5.10 Å². The lowest BCUT2D eigenvalue weighted by atomic mass is 10.0. The van der Waals surface area contributed by atoms with Crippen LogP contribution in [0.3, 0.4) is 0 Å². The van der Waals surface area contributed by atoms with Gasteiger partial charge in [0.2, 0.25) is 0 Å². The molecule has 1 rings (SSSR count). The van der Waals surface area contributed by atoms with E-state index in [-0.39, 0.29) is 0 Å². The summed E-state index contributed by atoms with van der Waals surface area (Å²) < 4.78 is 6.70. The third-order valence-corrected chi connectivity index (χ3v) is 2.49. The van der Waals surface area contributed by atoms with Crippen LogP contribution in [0.2, 0.25) is 0 Å². The highest BCUT2D eigenvalue weighted by Crippen LogP contribution is 2.28. The van der Waals surface area contributed by atoms with Crippen molar-refractivity contribution in [1.82, 2.24) is 14.7 Å². The molecule has 1 atom stereocenters. The summed E-state index contributed by atoms with van der Waals surface area (Å²) in [7, 11) is 5.37. The Kier molecular flexibility index (Phi) is 4.25. The minimum atomic E-state index is -1.59. The summed E-state index contributed by atoms with van der Waals surface area (Å²) in [5, 5.41) is 14.1. The molecule has 0 fully saturated rings. The van der Waals surface area contributed by atoms with E-state index in [1.807, 2.05) is 19.0 Å². The van der Waals surface area contributed by atoms with Crippen molar-refractivity contribution < 1.29 is 14.6 Å². The molecule has 0 radical (unpaired) electrons. The number of nitrogens with zero attached hydrogens (tertiary/aromatic N) is 3. The molecule has 0 aromatic carbocycles. The molecule has 0 bridgehead atoms. The van der Waals surface area contributed by atoms with Gasteiger partial charge in [0.1, 0.15) is 5.69 Å². The third kappa shape index (κ3) is 3.04. The summed E-state index contributed by atoms with van der Waals surface area (Å²) in [6.45, 7) is 2.76. The van der Waals surface area contributed by atoms with Crippen molar-refractivity contribution >= 4 is 6.29 Å². The molecule has 0 saturated heterocycles. The van der Waals surface area contributed by atoms with E-state index in [1.54, 1.807) is 4.68 Å². The maximum absolute atomic E-state index is 10.9. The van der Waals surface area contributed by atoms with Gasteiger partial charge in [-0.1, -0.05) is 0 Å². The molecule has 1 heterocycles. The molecule has 1 unspecified atom stereocenters. The highest BCUT2D eigenvalue weighted by atomic mass is 16.5. The number of aldehydes is 1. The predicted octanol–water partition coefficient (Wildman–Crippen LogP) is -0.140. The minimum absolute atomic E-state index is 0.386. The van der Waals surface area contributed by atoms with Crippen molar-refractivity contribution in [3.8, 4) is 5.75 Å². The monoisotopic (exact) mass is 241 g/mol. The van der Waals surface area contributed by atoms with Crippen LogP contribution in [0, 0.1) is 0 Å². The number of hydrogen-bond acceptors (Lipinski definition) is 5. The quantitative estimate of drug-likeness (QED) is 0.702. The molecule has 1 aromatic rings. The molecule has 6 heteroatoms. The van der Waals surface area contributed by atoms with Gasteiger partial charge in [-0.25, -0.2) is 0 Å². The van der Waals surface area contributed by atoms with Gasteiger partial charge >= 0.3 is 0 Å². The standard InChI is InChI=1S/C11H19N3O3/c1-11(16,8-15)10-9(17-4)7-12-14(10)6-5-13(2)3/h7-8,16H,5-6H2,1-4H3. The maximum atomic E-state index is 10.9. The molecule has 0 aliphatic heterocycles. The Hall–Kier alpha value is -1.40. The Balaban J connectivity index is 3.06. The Labute approximate surface area is 101 Å². The Morgan fingerprint density at radius 1 is 1.65 bits per heavy atom. The van der Waals surface area contributed by atoms with Crippen LogP contribution >= 0.6 is 0 Å². The van der Waals surface area contributed by atoms with Gasteiger partial charge in [0, 0.05) is 6.54 Å². The first-order chi connectivity index (χ1) is 7.92. The molecule has 96 valence electrons. The lowest BCUT2D eigenvalue weighted by molar-refractivity contribution is -0.123. The van der Waals surface area contributed by atoms with E-state index in [2.05, 4.69) is 5.10 Å². The lowest BCUT2D eigenvalue weighted by Crippen LogP contribution is -2.29. The molecule has 6 nitrogen and oxygen atoms in total. The number of ether oxygens (including phenoxy) is 1. The fraction of sp³-hybridized carbons (Fsp3) is 0.636. The summed E-state index contributed by atoms with van der Waals surface area (Å²) in [5.74, 6) is 0.417. The fourth-order valence-corrected chi connectivity index (χ4v) is 1.55. The van der Waals surface area contributed by atoms with Crippen LogP contribution in [0.15, 0.2) is 6.20 Å². The molecule has 1 aromatic heterocycles. The van der Waals surface area contributed by atoms with Crippen LogP contribution in [0.4, 0.5) is 0 Å². The summed E-state index contributed by atoms with van der Waals surface area (Å²) >= 11 is 0. The summed E-state index contributed by atoms with van der Waals surface area (Å²) in [6, 6.07) is 0. The Morgan fingerprint density at radius 2 is 2.29 bits per heavy atom. The molecule has 1 N–H and O–H groups in total. The SMILES string of the molecule is COc1cnn(CCN(C)C)c1C(C)(O)C=O. The number of hydrogen-bond donors (Lipinski definition) is 1. The fourth-order valence-electron chi connectivity index (χ4n) is 1.55. The average Bonchev–Trinajstić information content (AvgIpc) is 2.69. The van der Waals surface area contributed by atoms with Gasteiger partial charge in [-0.3, -0.25) is 9.48 Å². The summed E-state index contributed by atoms with van der Waals surface area (Å²) in [6.07, 6.45) is 1.99. The molecule has 0 aliphatic carbocycles. The first-order valence-electron chi connectivity index (χ1n) is 5.36. The van der Waals surface area contributed by atoms with E-state index in [1.165, 1.54) is 20.2 Å². The number of carbonyl (C=O) groups excluding carboxylic acids is 1. The second-order valence-electron chi connectivity index (χ2n) is 4.35. The van der Waals surface area contributed by atoms with Crippen LogP contribution in [0.1, 0.15) is 12.6 Å². The zero-order valence-corrected chi connectivity index (χ0v) is 10.7. The van der Waals surface area contributed by atoms with E-state index in [4.69, 9.17) is 4.74 Å². The lowest BCUT2D eigenvalue weighted by Gasteiger charge is -2.20. The third-order valence-electron chi connectivity index (χ3n) is 2.49. The number of carbonyl (C=O) groups is 1. The van der Waals surface area contributed by atoms with E-state index < -0.39 is 5.60 Å². The van der Waals surface area contributed by atoms with Gasteiger partial charge in [0.25, 0.3) is 0 Å². The van der Waals surface area contributed by atoms with Gasteiger partial charge in [-0.05, 0) is 21.0 Å². The zero-order valence-electron chi connectivity index (χ0n) is 10.7. The van der Waals surface area contributed by atoms with Crippen LogP contribution in [0.5, 0.6) is 5.75 Å². The largest absolute Gasteiger partial charge is 0.493 e. The van der Waals surface area contributed by atoms with Gasteiger partial charge in [0.15, 0.2) is 17.6 Å². The molecule has 0 amide bonds. The topological polar surface area (TPSA) is 67.6 Å². The highest BCUT2D eigenvalue weighted by molar-refractivity contribution is 5.65. The highest BCUT2D eigenvalue weighted by Gasteiger charge is 2.31. The molecular weight excluding hydrogens is 222 g/mol. The van der Waals surface area contributed by atoms with Crippen LogP contribution in [0.25, 0.3) is 0 Å². The smallest absolute Gasteiger partial charge is 0.163 e. The number of aromatic nitrogens is 2. The minimum Gasteiger partial charge on any atom is -0.493 e. The maximum Gasteiger partial charge on any atom is 0.163 e. The van der Waals surface area contributed by atoms with E-state index >= 15 is 0 Å². The van der Waals surface area contributed by atoms with Gasteiger partial charge < -0.3 is 14.7 Å². The van der Waals surface area contributed by atoms with Crippen molar-refractivity contribution in [2.24, 2.45) is 0 Å². The summed E-state index contributed by atoms with van der Waals surface area (Å²) in [4.78, 5) is 12.9. The van der Waals surface area contributed by atoms with Crippen LogP contribution in [-0.2, 0) is 16.9 Å². The number of methoxy groups -OCH3 is 1. The molecule has 0 aliphatic rings. The molecule has 0 spiro atoms. The molecule has 17 heavy (non-hydrogen) atoms. The number of rotatable bonds is 6. The zero-order chi connectivity index (χ0) is 13.1. The van der Waals surface area contributed by atoms with Crippen molar-refractivity contribution in [2.45, 2.75) is 19.1 Å². The van der Waals surface area contributed by atoms with E-state index in [0.717, 1.165) is 6.54 Å². The first-order valence-corrected chi connectivity index (χ1v) is 5.36. The molecule has 0 saturated carbocycles. The average molecular weight is 241 g/mol. The van der Waals surface area contributed by atoms with Crippen molar-refractivity contribution in [1.29, 1.82) is 0 Å². The number of likely N-dealkylation sites (N-methyl/N-ethyl adjacent to an activating group) is 1. The summed E-state index contributed by atoms with van der Waals surface area (Å²) in [5.41, 5.74) is -1.20. The number of aliphatic hydroxyl groups is 1. The second-order valence-corrected chi connectivity index (χ2v) is 4.35. The van der Waals surface area contributed by atoms with Crippen LogP contribution < -0.4 is 4.74 Å². The Morgan fingerprint density at radius 3 is 2.76 bits per heavy atom. The Bertz CT molecular complexity index is 385. The van der Waals surface area contributed by atoms with Crippen LogP contribution in [-0.4, -0.2) is 53.8 Å². The predicted molar refractivity (Wildman–Crippen MR) is 63.0 cm³/mol.